The van der Waals surface area contributed by atoms with Gasteiger partial charge >= 0.3 is 0 Å². The second-order valence-corrected chi connectivity index (χ2v) is 6.22. The molecule has 1 aromatic rings. The third-order valence-corrected chi connectivity index (χ3v) is 3.96. The van der Waals surface area contributed by atoms with E-state index >= 15 is 0 Å². The summed E-state index contributed by atoms with van der Waals surface area (Å²) < 4.78 is 1.94. The van der Waals surface area contributed by atoms with Crippen LogP contribution >= 0.6 is 0 Å². The number of nitrogens with zero attached hydrogens (tertiary/aromatic N) is 3. The number of aromatic nitrogens is 2. The number of aryl methyl sites for hydroxylation is 1. The third kappa shape index (κ3) is 4.02. The van der Waals surface area contributed by atoms with E-state index in [9.17, 15) is 0 Å². The van der Waals surface area contributed by atoms with Gasteiger partial charge in [0.25, 0.3) is 0 Å². The normalized spacial score (nSPS) is 20.8. The molecule has 1 aliphatic heterocycles. The monoisotopic (exact) mass is 250 g/mol. The summed E-state index contributed by atoms with van der Waals surface area (Å²) in [5.41, 5.74) is 6.13. The highest BCUT2D eigenvalue weighted by Gasteiger charge is 2.22. The van der Waals surface area contributed by atoms with Gasteiger partial charge in [-0.3, -0.25) is 4.68 Å². The van der Waals surface area contributed by atoms with Crippen LogP contribution < -0.4 is 5.73 Å². The molecule has 1 fully saturated rings. The second kappa shape index (κ2) is 5.74. The van der Waals surface area contributed by atoms with E-state index in [0.29, 0.717) is 11.2 Å². The van der Waals surface area contributed by atoms with Gasteiger partial charge in [0.05, 0.1) is 0 Å². The minimum Gasteiger partial charge on any atom is -0.382 e. The molecule has 4 heteroatoms. The molecule has 18 heavy (non-hydrogen) atoms. The minimum absolute atomic E-state index is 0.533. The molecule has 2 heterocycles. The molecule has 0 unspecified atom stereocenters. The van der Waals surface area contributed by atoms with Gasteiger partial charge < -0.3 is 10.6 Å². The van der Waals surface area contributed by atoms with Crippen LogP contribution in [0.4, 0.5) is 5.82 Å². The predicted octanol–water partition coefficient (Wildman–Crippen LogP) is 2.37. The average Bonchev–Trinajstić information content (AvgIpc) is 2.63. The van der Waals surface area contributed by atoms with Gasteiger partial charge in [0, 0.05) is 12.7 Å². The number of anilines is 1. The lowest BCUT2D eigenvalue weighted by Crippen LogP contribution is -2.27. The number of nitrogen functional groups attached to an aromatic ring is 1. The Hall–Kier alpha value is -1.03. The second-order valence-electron chi connectivity index (χ2n) is 6.22. The van der Waals surface area contributed by atoms with E-state index < -0.39 is 0 Å². The van der Waals surface area contributed by atoms with Crippen molar-refractivity contribution in [1.29, 1.82) is 0 Å². The fraction of sp³-hybridized carbons (Fsp3) is 0.786. The van der Waals surface area contributed by atoms with Crippen molar-refractivity contribution in [1.82, 2.24) is 14.7 Å². The fourth-order valence-corrected chi connectivity index (χ4v) is 2.66. The average molecular weight is 250 g/mol. The Labute approximate surface area is 110 Å². The van der Waals surface area contributed by atoms with Crippen LogP contribution in [0.25, 0.3) is 0 Å². The van der Waals surface area contributed by atoms with E-state index in [1.54, 1.807) is 0 Å². The van der Waals surface area contributed by atoms with Crippen molar-refractivity contribution >= 4 is 5.82 Å². The molecule has 0 radical (unpaired) electrons. The molecular weight excluding hydrogens is 224 g/mol. The summed E-state index contributed by atoms with van der Waals surface area (Å²) >= 11 is 0. The van der Waals surface area contributed by atoms with Gasteiger partial charge in [-0.25, -0.2) is 0 Å². The topological polar surface area (TPSA) is 47.1 Å². The standard InChI is InChI=1S/C14H26N4/c1-14(2)6-3-8-17(12-7-14)9-4-10-18-11-5-13(15)16-18/h5,11H,3-4,6-10,12H2,1-2H3,(H2,15,16). The zero-order chi connectivity index (χ0) is 13.0. The Morgan fingerprint density at radius 2 is 2.11 bits per heavy atom. The van der Waals surface area contributed by atoms with Crippen LogP contribution in [0, 0.1) is 5.41 Å². The molecular formula is C14H26N4. The molecule has 102 valence electrons. The van der Waals surface area contributed by atoms with Crippen LogP contribution in [0.5, 0.6) is 0 Å². The van der Waals surface area contributed by atoms with Gasteiger partial charge in [-0.15, -0.1) is 0 Å². The number of likely N-dealkylation sites (tertiary alicyclic amines) is 1. The van der Waals surface area contributed by atoms with Crippen LogP contribution in [-0.4, -0.2) is 34.3 Å². The van der Waals surface area contributed by atoms with Crippen molar-refractivity contribution in [2.45, 2.75) is 46.1 Å². The molecule has 0 spiro atoms. The Morgan fingerprint density at radius 1 is 1.28 bits per heavy atom. The quantitative estimate of drug-likeness (QED) is 0.892. The first-order valence-corrected chi connectivity index (χ1v) is 7.06. The highest BCUT2D eigenvalue weighted by atomic mass is 15.3. The Kier molecular flexibility index (Phi) is 4.27. The number of rotatable bonds is 4. The van der Waals surface area contributed by atoms with Crippen LogP contribution in [0.15, 0.2) is 12.3 Å². The van der Waals surface area contributed by atoms with E-state index in [1.165, 1.54) is 38.9 Å². The van der Waals surface area contributed by atoms with E-state index in [1.807, 2.05) is 16.9 Å². The number of hydrogen-bond acceptors (Lipinski definition) is 3. The molecule has 1 aliphatic rings. The lowest BCUT2D eigenvalue weighted by molar-refractivity contribution is 0.255. The summed E-state index contributed by atoms with van der Waals surface area (Å²) in [5.74, 6) is 0.617. The van der Waals surface area contributed by atoms with E-state index in [4.69, 9.17) is 5.73 Å². The molecule has 1 saturated heterocycles. The largest absolute Gasteiger partial charge is 0.382 e. The molecule has 0 aromatic carbocycles. The number of nitrogens with two attached hydrogens (primary N) is 1. The summed E-state index contributed by atoms with van der Waals surface area (Å²) in [6, 6.07) is 1.86. The van der Waals surface area contributed by atoms with Gasteiger partial charge in [0.2, 0.25) is 0 Å². The molecule has 2 rings (SSSR count). The van der Waals surface area contributed by atoms with Crippen LogP contribution in [0.1, 0.15) is 39.5 Å². The molecule has 0 amide bonds. The lowest BCUT2D eigenvalue weighted by Gasteiger charge is -2.23. The van der Waals surface area contributed by atoms with Crippen molar-refractivity contribution in [2.75, 3.05) is 25.4 Å². The fourth-order valence-electron chi connectivity index (χ4n) is 2.66. The van der Waals surface area contributed by atoms with Crippen molar-refractivity contribution in [2.24, 2.45) is 5.41 Å². The van der Waals surface area contributed by atoms with Crippen molar-refractivity contribution < 1.29 is 0 Å². The molecule has 0 saturated carbocycles. The maximum Gasteiger partial charge on any atom is 0.145 e. The summed E-state index contributed by atoms with van der Waals surface area (Å²) in [6.45, 7) is 9.43. The molecule has 0 atom stereocenters. The SMILES string of the molecule is CC1(C)CCCN(CCCn2ccc(N)n2)CC1. The van der Waals surface area contributed by atoms with Crippen molar-refractivity contribution in [3.05, 3.63) is 12.3 Å². The highest BCUT2D eigenvalue weighted by molar-refractivity contribution is 5.23. The zero-order valence-electron chi connectivity index (χ0n) is 11.7. The van der Waals surface area contributed by atoms with Crippen molar-refractivity contribution in [3.63, 3.8) is 0 Å². The Balaban J connectivity index is 1.70. The van der Waals surface area contributed by atoms with E-state index in [0.717, 1.165) is 13.0 Å². The van der Waals surface area contributed by atoms with Crippen LogP contribution in [-0.2, 0) is 6.54 Å². The summed E-state index contributed by atoms with van der Waals surface area (Å²) in [4.78, 5) is 2.60. The minimum atomic E-state index is 0.533. The van der Waals surface area contributed by atoms with Gasteiger partial charge in [-0.2, -0.15) is 5.10 Å². The third-order valence-electron chi connectivity index (χ3n) is 3.96. The maximum atomic E-state index is 5.60. The van der Waals surface area contributed by atoms with Crippen molar-refractivity contribution in [3.8, 4) is 0 Å². The van der Waals surface area contributed by atoms with Crippen LogP contribution in [0.2, 0.25) is 0 Å². The first-order valence-electron chi connectivity index (χ1n) is 7.06. The van der Waals surface area contributed by atoms with Crippen LogP contribution in [0.3, 0.4) is 0 Å². The summed E-state index contributed by atoms with van der Waals surface area (Å²) in [5, 5.41) is 4.21. The predicted molar refractivity (Wildman–Crippen MR) is 75.3 cm³/mol. The molecule has 0 bridgehead atoms. The lowest BCUT2D eigenvalue weighted by atomic mass is 9.85. The number of hydrogen-bond donors (Lipinski definition) is 1. The van der Waals surface area contributed by atoms with Gasteiger partial charge in [-0.05, 0) is 56.8 Å². The first kappa shape index (κ1) is 13.4. The first-order chi connectivity index (χ1) is 8.55. The summed E-state index contributed by atoms with van der Waals surface area (Å²) in [7, 11) is 0. The summed E-state index contributed by atoms with van der Waals surface area (Å²) in [6.07, 6.45) is 7.13. The van der Waals surface area contributed by atoms with E-state index in [2.05, 4.69) is 23.8 Å². The molecule has 0 aliphatic carbocycles. The zero-order valence-corrected chi connectivity index (χ0v) is 11.7. The van der Waals surface area contributed by atoms with E-state index in [-0.39, 0.29) is 0 Å². The maximum absolute atomic E-state index is 5.60. The molecule has 2 N–H and O–H groups in total. The van der Waals surface area contributed by atoms with Gasteiger partial charge in [0.15, 0.2) is 0 Å². The molecule has 4 nitrogen and oxygen atoms in total. The van der Waals surface area contributed by atoms with Gasteiger partial charge in [0.1, 0.15) is 5.82 Å². The van der Waals surface area contributed by atoms with Gasteiger partial charge in [-0.1, -0.05) is 13.8 Å². The Bertz CT molecular complexity index is 370. The molecule has 1 aromatic heterocycles. The smallest absolute Gasteiger partial charge is 0.145 e. The highest BCUT2D eigenvalue weighted by Crippen LogP contribution is 2.29. The Morgan fingerprint density at radius 3 is 2.83 bits per heavy atom.